The molecule has 4 heteroatoms. The highest BCUT2D eigenvalue weighted by Gasteiger charge is 2.39. The lowest BCUT2D eigenvalue weighted by Gasteiger charge is -2.28. The molecule has 1 aliphatic heterocycles. The topological polar surface area (TPSA) is 41.5 Å². The predicted molar refractivity (Wildman–Crippen MR) is 72.5 cm³/mol. The van der Waals surface area contributed by atoms with Crippen molar-refractivity contribution in [1.82, 2.24) is 5.32 Å². The fraction of sp³-hybridized carbons (Fsp3) is 0.600. The highest BCUT2D eigenvalue weighted by atomic mass is 19.1. The largest absolute Gasteiger partial charge is 0.386 e. The summed E-state index contributed by atoms with van der Waals surface area (Å²) in [7, 11) is 0. The Hall–Kier alpha value is -0.970. The summed E-state index contributed by atoms with van der Waals surface area (Å²) in [5, 5.41) is 13.6. The zero-order valence-electron chi connectivity index (χ0n) is 11.5. The van der Waals surface area contributed by atoms with E-state index >= 15 is 0 Å². The highest BCUT2D eigenvalue weighted by molar-refractivity contribution is 5.18. The van der Waals surface area contributed by atoms with Crippen LogP contribution in [0.25, 0.3) is 0 Å². The van der Waals surface area contributed by atoms with Crippen LogP contribution in [0.1, 0.15) is 25.8 Å². The van der Waals surface area contributed by atoms with E-state index in [0.717, 1.165) is 0 Å². The average Bonchev–Trinajstić information content (AvgIpc) is 2.71. The molecule has 0 radical (unpaired) electrons. The summed E-state index contributed by atoms with van der Waals surface area (Å²) < 4.78 is 18.9. The summed E-state index contributed by atoms with van der Waals surface area (Å²) in [6.45, 7) is 4.96. The van der Waals surface area contributed by atoms with Crippen LogP contribution in [0.15, 0.2) is 24.3 Å². The molecule has 1 aromatic rings. The molecule has 0 aliphatic carbocycles. The Bertz CT molecular complexity index is 426. The van der Waals surface area contributed by atoms with Crippen LogP contribution >= 0.6 is 0 Å². The molecule has 0 spiro atoms. The van der Waals surface area contributed by atoms with Crippen molar-refractivity contribution in [2.75, 3.05) is 13.2 Å². The summed E-state index contributed by atoms with van der Waals surface area (Å²) in [5.41, 5.74) is -0.103. The van der Waals surface area contributed by atoms with Crippen molar-refractivity contribution >= 4 is 0 Å². The fourth-order valence-corrected chi connectivity index (χ4v) is 2.42. The molecule has 3 nitrogen and oxygen atoms in total. The van der Waals surface area contributed by atoms with Gasteiger partial charge in [0.05, 0.1) is 6.10 Å². The van der Waals surface area contributed by atoms with Crippen molar-refractivity contribution in [1.29, 1.82) is 0 Å². The summed E-state index contributed by atoms with van der Waals surface area (Å²) in [6, 6.07) is 6.91. The standard InChI is InChI=1S/C15H22FNO2/c1-11(9-13-5-3-4-6-14(13)16)17-10-15(18)7-8-19-12(15)2/h3-6,11-12,17-18H,7-10H2,1-2H3. The quantitative estimate of drug-likeness (QED) is 0.856. The number of benzene rings is 1. The number of hydrogen-bond donors (Lipinski definition) is 2. The van der Waals surface area contributed by atoms with Crippen LogP contribution < -0.4 is 5.32 Å². The summed E-state index contributed by atoms with van der Waals surface area (Å²) >= 11 is 0. The lowest BCUT2D eigenvalue weighted by molar-refractivity contribution is -0.0273. The van der Waals surface area contributed by atoms with Gasteiger partial charge in [0.15, 0.2) is 0 Å². The van der Waals surface area contributed by atoms with Crippen LogP contribution in [-0.2, 0) is 11.2 Å². The molecule has 1 heterocycles. The third kappa shape index (κ3) is 3.53. The molecular weight excluding hydrogens is 245 g/mol. The lowest BCUT2D eigenvalue weighted by Crippen LogP contribution is -2.48. The Morgan fingerprint density at radius 1 is 1.53 bits per heavy atom. The normalized spacial score (nSPS) is 28.5. The molecule has 19 heavy (non-hydrogen) atoms. The Balaban J connectivity index is 1.85. The Morgan fingerprint density at radius 2 is 2.26 bits per heavy atom. The summed E-state index contributed by atoms with van der Waals surface area (Å²) in [6.07, 6.45) is 1.10. The Kier molecular flexibility index (Phi) is 4.55. The van der Waals surface area contributed by atoms with Crippen LogP contribution in [0.2, 0.25) is 0 Å². The van der Waals surface area contributed by atoms with Gasteiger partial charge in [-0.3, -0.25) is 0 Å². The van der Waals surface area contributed by atoms with E-state index in [1.54, 1.807) is 12.1 Å². The van der Waals surface area contributed by atoms with Gasteiger partial charge >= 0.3 is 0 Å². The lowest BCUT2D eigenvalue weighted by atomic mass is 9.96. The number of aliphatic hydroxyl groups is 1. The first kappa shape index (κ1) is 14.4. The van der Waals surface area contributed by atoms with Gasteiger partial charge in [0.1, 0.15) is 11.4 Å². The second kappa shape index (κ2) is 5.99. The van der Waals surface area contributed by atoms with Crippen molar-refractivity contribution in [2.45, 2.75) is 44.4 Å². The van der Waals surface area contributed by atoms with Gasteiger partial charge in [-0.25, -0.2) is 4.39 Å². The number of nitrogens with one attached hydrogen (secondary N) is 1. The summed E-state index contributed by atoms with van der Waals surface area (Å²) in [4.78, 5) is 0. The molecule has 1 fully saturated rings. The van der Waals surface area contributed by atoms with Crippen molar-refractivity contribution in [3.05, 3.63) is 35.6 Å². The van der Waals surface area contributed by atoms with Gasteiger partial charge in [-0.1, -0.05) is 18.2 Å². The van der Waals surface area contributed by atoms with E-state index in [1.165, 1.54) is 6.07 Å². The predicted octanol–water partition coefficient (Wildman–Crippen LogP) is 1.89. The molecule has 1 aliphatic rings. The average molecular weight is 267 g/mol. The first-order valence-electron chi connectivity index (χ1n) is 6.82. The third-order valence-electron chi connectivity index (χ3n) is 3.90. The van der Waals surface area contributed by atoms with E-state index in [2.05, 4.69) is 5.32 Å². The van der Waals surface area contributed by atoms with E-state index in [1.807, 2.05) is 19.9 Å². The summed E-state index contributed by atoms with van der Waals surface area (Å²) in [5.74, 6) is -0.174. The number of ether oxygens (including phenoxy) is 1. The van der Waals surface area contributed by atoms with Gasteiger partial charge in [0.2, 0.25) is 0 Å². The van der Waals surface area contributed by atoms with Crippen LogP contribution in [-0.4, -0.2) is 36.0 Å². The van der Waals surface area contributed by atoms with Crippen LogP contribution in [0.4, 0.5) is 4.39 Å². The minimum Gasteiger partial charge on any atom is -0.386 e. The molecule has 2 rings (SSSR count). The minimum atomic E-state index is -0.802. The zero-order chi connectivity index (χ0) is 13.9. The molecule has 1 aromatic carbocycles. The Labute approximate surface area is 113 Å². The highest BCUT2D eigenvalue weighted by Crippen LogP contribution is 2.25. The minimum absolute atomic E-state index is 0.105. The molecule has 3 unspecified atom stereocenters. The molecule has 1 saturated heterocycles. The van der Waals surface area contributed by atoms with Gasteiger partial charge in [-0.05, 0) is 31.9 Å². The van der Waals surface area contributed by atoms with Crippen molar-refractivity contribution in [3.63, 3.8) is 0 Å². The van der Waals surface area contributed by atoms with E-state index in [-0.39, 0.29) is 18.0 Å². The van der Waals surface area contributed by atoms with E-state index in [4.69, 9.17) is 4.74 Å². The molecule has 2 N–H and O–H groups in total. The van der Waals surface area contributed by atoms with Gasteiger partial charge < -0.3 is 15.2 Å². The molecular formula is C15H22FNO2. The third-order valence-corrected chi connectivity index (χ3v) is 3.90. The van der Waals surface area contributed by atoms with Gasteiger partial charge in [0.25, 0.3) is 0 Å². The molecule has 0 saturated carbocycles. The van der Waals surface area contributed by atoms with Crippen molar-refractivity contribution < 1.29 is 14.2 Å². The zero-order valence-corrected chi connectivity index (χ0v) is 11.5. The molecule has 3 atom stereocenters. The maximum Gasteiger partial charge on any atom is 0.126 e. The Morgan fingerprint density at radius 3 is 2.89 bits per heavy atom. The van der Waals surface area contributed by atoms with Crippen molar-refractivity contribution in [3.8, 4) is 0 Å². The van der Waals surface area contributed by atoms with Crippen molar-refractivity contribution in [2.24, 2.45) is 0 Å². The van der Waals surface area contributed by atoms with Gasteiger partial charge in [-0.15, -0.1) is 0 Å². The molecule has 0 bridgehead atoms. The van der Waals surface area contributed by atoms with Crippen LogP contribution in [0.5, 0.6) is 0 Å². The first-order chi connectivity index (χ1) is 9.01. The maximum absolute atomic E-state index is 13.5. The second-order valence-corrected chi connectivity index (χ2v) is 5.44. The maximum atomic E-state index is 13.5. The molecule has 0 amide bonds. The van der Waals surface area contributed by atoms with Gasteiger partial charge in [-0.2, -0.15) is 0 Å². The first-order valence-corrected chi connectivity index (χ1v) is 6.82. The molecule has 106 valence electrons. The van der Waals surface area contributed by atoms with Crippen LogP contribution in [0.3, 0.4) is 0 Å². The fourth-order valence-electron chi connectivity index (χ4n) is 2.42. The SMILES string of the molecule is CC(Cc1ccccc1F)NCC1(O)CCOC1C. The van der Waals surface area contributed by atoms with Crippen LogP contribution in [0, 0.1) is 5.82 Å². The van der Waals surface area contributed by atoms with E-state index in [9.17, 15) is 9.50 Å². The number of rotatable bonds is 5. The number of hydrogen-bond acceptors (Lipinski definition) is 3. The second-order valence-electron chi connectivity index (χ2n) is 5.44. The smallest absolute Gasteiger partial charge is 0.126 e. The van der Waals surface area contributed by atoms with Gasteiger partial charge in [0, 0.05) is 25.6 Å². The van der Waals surface area contributed by atoms with E-state index < -0.39 is 5.60 Å². The number of halogens is 1. The monoisotopic (exact) mass is 267 g/mol. The molecule has 0 aromatic heterocycles. The van der Waals surface area contributed by atoms with E-state index in [0.29, 0.717) is 31.6 Å².